The number of carbonyl (C=O) groups is 1. The first kappa shape index (κ1) is 16.3. The number of hydrogen-bond donors (Lipinski definition) is 0. The molecule has 0 aromatic carbocycles. The van der Waals surface area contributed by atoms with Crippen LogP contribution in [0.1, 0.15) is 28.5 Å². The van der Waals surface area contributed by atoms with Crippen LogP contribution in [0.15, 0.2) is 18.5 Å². The third-order valence-electron chi connectivity index (χ3n) is 3.79. The van der Waals surface area contributed by atoms with Crippen molar-refractivity contribution in [2.75, 3.05) is 13.7 Å². The predicted octanol–water partition coefficient (Wildman–Crippen LogP) is 1.80. The molecule has 0 N–H and O–H groups in total. The van der Waals surface area contributed by atoms with Crippen LogP contribution in [0.25, 0.3) is 5.65 Å². The standard InChI is InChI=1S/C15H18N6O2S/c1-9(15-10(2)24-11(3)17-15)20(4)14(22)7-23-13-6-5-12-18-16-8-21(12)19-13/h5-6,8-9H,7H2,1-4H3. The average molecular weight is 346 g/mol. The Labute approximate surface area is 143 Å². The summed E-state index contributed by atoms with van der Waals surface area (Å²) in [5.41, 5.74) is 1.55. The number of likely N-dealkylation sites (N-methyl/N-ethyl adjacent to an activating group) is 1. The molecule has 0 spiro atoms. The topological polar surface area (TPSA) is 85.5 Å². The lowest BCUT2D eigenvalue weighted by Crippen LogP contribution is -2.34. The fourth-order valence-corrected chi connectivity index (χ4v) is 3.27. The lowest BCUT2D eigenvalue weighted by molar-refractivity contribution is -0.134. The van der Waals surface area contributed by atoms with Gasteiger partial charge in [0.1, 0.15) is 6.33 Å². The van der Waals surface area contributed by atoms with E-state index in [0.717, 1.165) is 15.6 Å². The fourth-order valence-electron chi connectivity index (χ4n) is 2.36. The number of thiazole rings is 1. The van der Waals surface area contributed by atoms with Gasteiger partial charge < -0.3 is 9.64 Å². The second kappa shape index (κ2) is 6.52. The quantitative estimate of drug-likeness (QED) is 0.700. The molecular formula is C15H18N6O2S. The van der Waals surface area contributed by atoms with Crippen LogP contribution in [0.2, 0.25) is 0 Å². The van der Waals surface area contributed by atoms with Crippen molar-refractivity contribution in [2.45, 2.75) is 26.8 Å². The van der Waals surface area contributed by atoms with Crippen LogP contribution in [0, 0.1) is 13.8 Å². The molecule has 0 saturated heterocycles. The van der Waals surface area contributed by atoms with Gasteiger partial charge in [0.05, 0.1) is 16.7 Å². The number of nitrogens with zero attached hydrogens (tertiary/aromatic N) is 6. The van der Waals surface area contributed by atoms with Crippen molar-refractivity contribution in [3.05, 3.63) is 34.0 Å². The summed E-state index contributed by atoms with van der Waals surface area (Å²) in [6.45, 7) is 5.85. The van der Waals surface area contributed by atoms with Crippen LogP contribution in [-0.4, -0.2) is 49.3 Å². The molecule has 9 heteroatoms. The Kier molecular flexibility index (Phi) is 4.43. The first-order valence-corrected chi connectivity index (χ1v) is 8.27. The Morgan fingerprint density at radius 1 is 1.42 bits per heavy atom. The molecule has 1 unspecified atom stereocenters. The molecule has 0 aliphatic rings. The number of aryl methyl sites for hydroxylation is 2. The SMILES string of the molecule is Cc1nc(C(C)N(C)C(=O)COc2ccc3nncn3n2)c(C)s1. The van der Waals surface area contributed by atoms with Gasteiger partial charge in [-0.05, 0) is 26.8 Å². The van der Waals surface area contributed by atoms with Crippen LogP contribution in [0.4, 0.5) is 0 Å². The van der Waals surface area contributed by atoms with E-state index >= 15 is 0 Å². The normalized spacial score (nSPS) is 12.3. The molecule has 0 aliphatic heterocycles. The first-order chi connectivity index (χ1) is 11.5. The Bertz CT molecular complexity index is 874. The maximum atomic E-state index is 12.4. The summed E-state index contributed by atoms with van der Waals surface area (Å²) in [7, 11) is 1.75. The van der Waals surface area contributed by atoms with Gasteiger partial charge in [-0.25, -0.2) is 4.98 Å². The molecule has 126 valence electrons. The van der Waals surface area contributed by atoms with E-state index in [0.29, 0.717) is 11.5 Å². The van der Waals surface area contributed by atoms with Gasteiger partial charge in [-0.1, -0.05) is 0 Å². The molecular weight excluding hydrogens is 328 g/mol. The van der Waals surface area contributed by atoms with Crippen molar-refractivity contribution in [3.63, 3.8) is 0 Å². The van der Waals surface area contributed by atoms with Gasteiger partial charge in [0.2, 0.25) is 5.88 Å². The number of amides is 1. The molecule has 1 amide bonds. The molecule has 0 aliphatic carbocycles. The van der Waals surface area contributed by atoms with Crippen molar-refractivity contribution < 1.29 is 9.53 Å². The molecule has 24 heavy (non-hydrogen) atoms. The van der Waals surface area contributed by atoms with Gasteiger partial charge in [0, 0.05) is 18.0 Å². The molecule has 3 aromatic heterocycles. The number of hydrogen-bond acceptors (Lipinski definition) is 7. The van der Waals surface area contributed by atoms with E-state index in [4.69, 9.17) is 4.74 Å². The van der Waals surface area contributed by atoms with Crippen LogP contribution in [0.3, 0.4) is 0 Å². The van der Waals surface area contributed by atoms with Gasteiger partial charge in [0.15, 0.2) is 12.3 Å². The summed E-state index contributed by atoms with van der Waals surface area (Å²) in [4.78, 5) is 19.7. The minimum absolute atomic E-state index is 0.0936. The minimum atomic E-state index is -0.141. The Morgan fingerprint density at radius 2 is 2.21 bits per heavy atom. The second-order valence-electron chi connectivity index (χ2n) is 5.45. The number of rotatable bonds is 5. The average Bonchev–Trinajstić information content (AvgIpc) is 3.16. The Balaban J connectivity index is 1.64. The lowest BCUT2D eigenvalue weighted by atomic mass is 10.2. The zero-order chi connectivity index (χ0) is 17.3. The van der Waals surface area contributed by atoms with E-state index in [-0.39, 0.29) is 18.6 Å². The van der Waals surface area contributed by atoms with Crippen molar-refractivity contribution in [1.82, 2.24) is 29.7 Å². The van der Waals surface area contributed by atoms with E-state index in [1.54, 1.807) is 35.4 Å². The molecule has 1 atom stereocenters. The van der Waals surface area contributed by atoms with E-state index < -0.39 is 0 Å². The molecule has 0 saturated carbocycles. The summed E-state index contributed by atoms with van der Waals surface area (Å²) >= 11 is 1.63. The highest BCUT2D eigenvalue weighted by molar-refractivity contribution is 7.11. The Morgan fingerprint density at radius 3 is 2.92 bits per heavy atom. The highest BCUT2D eigenvalue weighted by Gasteiger charge is 2.22. The number of ether oxygens (including phenoxy) is 1. The van der Waals surface area contributed by atoms with E-state index in [1.807, 2.05) is 20.8 Å². The highest BCUT2D eigenvalue weighted by atomic mass is 32.1. The van der Waals surface area contributed by atoms with E-state index in [2.05, 4.69) is 20.3 Å². The summed E-state index contributed by atoms with van der Waals surface area (Å²) in [6.07, 6.45) is 1.48. The molecule has 3 heterocycles. The van der Waals surface area contributed by atoms with Crippen molar-refractivity contribution in [1.29, 1.82) is 0 Å². The fraction of sp³-hybridized carbons (Fsp3) is 0.400. The van der Waals surface area contributed by atoms with Crippen LogP contribution in [-0.2, 0) is 4.79 Å². The lowest BCUT2D eigenvalue weighted by Gasteiger charge is -2.24. The third-order valence-corrected chi connectivity index (χ3v) is 4.69. The molecule has 0 fully saturated rings. The largest absolute Gasteiger partial charge is 0.467 e. The first-order valence-electron chi connectivity index (χ1n) is 7.45. The second-order valence-corrected chi connectivity index (χ2v) is 6.86. The summed E-state index contributed by atoms with van der Waals surface area (Å²) < 4.78 is 6.99. The number of carbonyl (C=O) groups excluding carboxylic acids is 1. The van der Waals surface area contributed by atoms with Crippen LogP contribution < -0.4 is 4.74 Å². The van der Waals surface area contributed by atoms with Crippen LogP contribution >= 0.6 is 11.3 Å². The third kappa shape index (κ3) is 3.21. The predicted molar refractivity (Wildman–Crippen MR) is 89.1 cm³/mol. The Hall–Kier alpha value is -2.55. The molecule has 3 rings (SSSR count). The van der Waals surface area contributed by atoms with Crippen molar-refractivity contribution in [2.24, 2.45) is 0 Å². The number of fused-ring (bicyclic) bond motifs is 1. The van der Waals surface area contributed by atoms with Gasteiger partial charge >= 0.3 is 0 Å². The van der Waals surface area contributed by atoms with Gasteiger partial charge in [-0.3, -0.25) is 4.79 Å². The zero-order valence-corrected chi connectivity index (χ0v) is 14.7. The monoisotopic (exact) mass is 346 g/mol. The van der Waals surface area contributed by atoms with Gasteiger partial charge in [-0.15, -0.1) is 26.6 Å². The summed E-state index contributed by atoms with van der Waals surface area (Å²) in [6, 6.07) is 3.28. The van der Waals surface area contributed by atoms with Crippen molar-refractivity contribution >= 4 is 22.9 Å². The summed E-state index contributed by atoms with van der Waals surface area (Å²) in [5, 5.41) is 12.8. The summed E-state index contributed by atoms with van der Waals surface area (Å²) in [5.74, 6) is 0.204. The van der Waals surface area contributed by atoms with Crippen molar-refractivity contribution in [3.8, 4) is 5.88 Å². The molecule has 3 aromatic rings. The molecule has 0 bridgehead atoms. The smallest absolute Gasteiger partial charge is 0.260 e. The number of aromatic nitrogens is 5. The van der Waals surface area contributed by atoms with Crippen LogP contribution in [0.5, 0.6) is 5.88 Å². The van der Waals surface area contributed by atoms with Gasteiger partial charge in [0.25, 0.3) is 5.91 Å². The molecule has 8 nitrogen and oxygen atoms in total. The van der Waals surface area contributed by atoms with Gasteiger partial charge in [-0.2, -0.15) is 4.52 Å². The zero-order valence-electron chi connectivity index (χ0n) is 13.9. The van der Waals surface area contributed by atoms with E-state index in [1.165, 1.54) is 10.8 Å². The maximum Gasteiger partial charge on any atom is 0.260 e. The molecule has 0 radical (unpaired) electrons. The van der Waals surface area contributed by atoms with E-state index in [9.17, 15) is 4.79 Å². The highest BCUT2D eigenvalue weighted by Crippen LogP contribution is 2.26. The maximum absolute atomic E-state index is 12.4. The minimum Gasteiger partial charge on any atom is -0.467 e.